The first-order chi connectivity index (χ1) is 13.4. The molecule has 28 heavy (non-hydrogen) atoms. The molecule has 0 aliphatic carbocycles. The van der Waals surface area contributed by atoms with E-state index in [2.05, 4.69) is 10.6 Å². The van der Waals surface area contributed by atoms with Crippen molar-refractivity contribution in [3.8, 4) is 0 Å². The Morgan fingerprint density at radius 1 is 1.11 bits per heavy atom. The third-order valence-electron chi connectivity index (χ3n) is 5.45. The fourth-order valence-electron chi connectivity index (χ4n) is 3.74. The fourth-order valence-corrected chi connectivity index (χ4v) is 3.74. The maximum absolute atomic E-state index is 12.8. The van der Waals surface area contributed by atoms with E-state index in [1.807, 2.05) is 69.3 Å². The van der Waals surface area contributed by atoms with Gasteiger partial charge < -0.3 is 15.5 Å². The van der Waals surface area contributed by atoms with E-state index >= 15 is 0 Å². The largest absolute Gasteiger partial charge is 0.351 e. The number of hydrogen-bond donors (Lipinski definition) is 2. The summed E-state index contributed by atoms with van der Waals surface area (Å²) in [4.78, 5) is 27.4. The van der Waals surface area contributed by atoms with Gasteiger partial charge in [0.2, 0.25) is 5.91 Å². The van der Waals surface area contributed by atoms with Gasteiger partial charge in [-0.3, -0.25) is 4.79 Å². The molecule has 5 heteroatoms. The van der Waals surface area contributed by atoms with Gasteiger partial charge in [-0.25, -0.2) is 4.79 Å². The lowest BCUT2D eigenvalue weighted by Gasteiger charge is -2.39. The molecular formula is C23H29N3O2. The molecule has 1 aliphatic rings. The van der Waals surface area contributed by atoms with Crippen molar-refractivity contribution >= 4 is 17.6 Å². The SMILES string of the molecule is Cc1ccc(NC(=O)N2CCC[C@](C)(C(=O)NCc3ccccc3)C2)c(C)c1. The molecule has 5 nitrogen and oxygen atoms in total. The zero-order valence-corrected chi connectivity index (χ0v) is 16.9. The number of carbonyl (C=O) groups is 2. The number of urea groups is 1. The normalized spacial score (nSPS) is 19.2. The zero-order chi connectivity index (χ0) is 20.1. The molecule has 0 radical (unpaired) electrons. The van der Waals surface area contributed by atoms with Gasteiger partial charge in [-0.05, 0) is 50.8 Å². The van der Waals surface area contributed by atoms with Crippen LogP contribution < -0.4 is 10.6 Å². The number of anilines is 1. The van der Waals surface area contributed by atoms with Gasteiger partial charge in [0, 0.05) is 25.3 Å². The molecule has 2 N–H and O–H groups in total. The summed E-state index contributed by atoms with van der Waals surface area (Å²) in [5.74, 6) is 0.000342. The van der Waals surface area contributed by atoms with Crippen molar-refractivity contribution in [2.75, 3.05) is 18.4 Å². The number of benzene rings is 2. The van der Waals surface area contributed by atoms with Gasteiger partial charge in [0.1, 0.15) is 0 Å². The van der Waals surface area contributed by atoms with E-state index in [1.54, 1.807) is 4.90 Å². The standard InChI is InChI=1S/C23H29N3O2/c1-17-10-11-20(18(2)14-17)25-22(28)26-13-7-12-23(3,16-26)21(27)24-15-19-8-5-4-6-9-19/h4-6,8-11,14H,7,12-13,15-16H2,1-3H3,(H,24,27)(H,25,28)/t23-/m0/s1. The number of amides is 3. The summed E-state index contributed by atoms with van der Waals surface area (Å²) in [6.07, 6.45) is 1.59. The number of nitrogens with zero attached hydrogens (tertiary/aromatic N) is 1. The Labute approximate surface area is 167 Å². The Hall–Kier alpha value is -2.82. The number of nitrogens with one attached hydrogen (secondary N) is 2. The van der Waals surface area contributed by atoms with Crippen LogP contribution in [0.5, 0.6) is 0 Å². The fraction of sp³-hybridized carbons (Fsp3) is 0.391. The van der Waals surface area contributed by atoms with E-state index in [1.165, 1.54) is 0 Å². The third kappa shape index (κ3) is 4.71. The molecule has 1 aliphatic heterocycles. The summed E-state index contributed by atoms with van der Waals surface area (Å²) in [6, 6.07) is 15.7. The third-order valence-corrected chi connectivity index (χ3v) is 5.45. The predicted molar refractivity (Wildman–Crippen MR) is 112 cm³/mol. The van der Waals surface area contributed by atoms with E-state index in [9.17, 15) is 9.59 Å². The van der Waals surface area contributed by atoms with Gasteiger partial charge in [0.05, 0.1) is 5.41 Å². The molecular weight excluding hydrogens is 350 g/mol. The highest BCUT2D eigenvalue weighted by atomic mass is 16.2. The van der Waals surface area contributed by atoms with Crippen molar-refractivity contribution < 1.29 is 9.59 Å². The first-order valence-corrected chi connectivity index (χ1v) is 9.83. The topological polar surface area (TPSA) is 61.4 Å². The van der Waals surface area contributed by atoms with E-state index in [0.29, 0.717) is 19.6 Å². The van der Waals surface area contributed by atoms with Crippen molar-refractivity contribution in [1.82, 2.24) is 10.2 Å². The van der Waals surface area contributed by atoms with Crippen LogP contribution in [0, 0.1) is 19.3 Å². The lowest BCUT2D eigenvalue weighted by atomic mass is 9.81. The number of rotatable bonds is 4. The minimum absolute atomic E-state index is 0.000342. The molecule has 1 saturated heterocycles. The highest BCUT2D eigenvalue weighted by Crippen LogP contribution is 2.30. The number of carbonyl (C=O) groups excluding carboxylic acids is 2. The van der Waals surface area contributed by atoms with Crippen LogP contribution >= 0.6 is 0 Å². The number of aryl methyl sites for hydroxylation is 2. The summed E-state index contributed by atoms with van der Waals surface area (Å²) in [7, 11) is 0. The van der Waals surface area contributed by atoms with Gasteiger partial charge in [-0.1, -0.05) is 48.0 Å². The Balaban J connectivity index is 1.61. The molecule has 0 bridgehead atoms. The van der Waals surface area contributed by atoms with Crippen LogP contribution in [0.25, 0.3) is 0 Å². The van der Waals surface area contributed by atoms with Crippen molar-refractivity contribution in [3.05, 3.63) is 65.2 Å². The molecule has 1 atom stereocenters. The Bertz CT molecular complexity index is 850. The number of likely N-dealkylation sites (tertiary alicyclic amines) is 1. The maximum Gasteiger partial charge on any atom is 0.321 e. The van der Waals surface area contributed by atoms with E-state index in [-0.39, 0.29) is 11.9 Å². The smallest absolute Gasteiger partial charge is 0.321 e. The minimum Gasteiger partial charge on any atom is -0.351 e. The van der Waals surface area contributed by atoms with Crippen LogP contribution in [0.4, 0.5) is 10.5 Å². The maximum atomic E-state index is 12.8. The van der Waals surface area contributed by atoms with Crippen molar-refractivity contribution in [2.45, 2.75) is 40.2 Å². The van der Waals surface area contributed by atoms with Crippen molar-refractivity contribution in [3.63, 3.8) is 0 Å². The quantitative estimate of drug-likeness (QED) is 0.834. The van der Waals surface area contributed by atoms with Crippen molar-refractivity contribution in [1.29, 1.82) is 0 Å². The van der Waals surface area contributed by atoms with Crippen LogP contribution in [-0.4, -0.2) is 29.9 Å². The Morgan fingerprint density at radius 3 is 2.57 bits per heavy atom. The summed E-state index contributed by atoms with van der Waals surface area (Å²) in [5, 5.41) is 6.03. The molecule has 3 amide bonds. The van der Waals surface area contributed by atoms with Gasteiger partial charge in [-0.15, -0.1) is 0 Å². The summed E-state index contributed by atoms with van der Waals surface area (Å²) in [5.41, 5.74) is 3.51. The van der Waals surface area contributed by atoms with Crippen LogP contribution in [0.2, 0.25) is 0 Å². The molecule has 1 heterocycles. The van der Waals surface area contributed by atoms with E-state index in [0.717, 1.165) is 35.2 Å². The summed E-state index contributed by atoms with van der Waals surface area (Å²) >= 11 is 0. The van der Waals surface area contributed by atoms with E-state index < -0.39 is 5.41 Å². The highest BCUT2D eigenvalue weighted by molar-refractivity contribution is 5.91. The van der Waals surface area contributed by atoms with Gasteiger partial charge >= 0.3 is 6.03 Å². The van der Waals surface area contributed by atoms with Crippen LogP contribution in [0.3, 0.4) is 0 Å². The molecule has 1 fully saturated rings. The second-order valence-electron chi connectivity index (χ2n) is 8.00. The lowest BCUT2D eigenvalue weighted by molar-refractivity contribution is -0.132. The molecule has 0 spiro atoms. The highest BCUT2D eigenvalue weighted by Gasteiger charge is 2.39. The van der Waals surface area contributed by atoms with Gasteiger partial charge in [0.25, 0.3) is 0 Å². The zero-order valence-electron chi connectivity index (χ0n) is 16.9. The number of piperidine rings is 1. The minimum atomic E-state index is -0.577. The number of hydrogen-bond acceptors (Lipinski definition) is 2. The molecule has 0 unspecified atom stereocenters. The average molecular weight is 380 g/mol. The molecule has 3 rings (SSSR count). The molecule has 0 aromatic heterocycles. The van der Waals surface area contributed by atoms with Gasteiger partial charge in [-0.2, -0.15) is 0 Å². The van der Waals surface area contributed by atoms with Crippen LogP contribution in [0.15, 0.2) is 48.5 Å². The summed E-state index contributed by atoms with van der Waals surface area (Å²) < 4.78 is 0. The van der Waals surface area contributed by atoms with Crippen LogP contribution in [-0.2, 0) is 11.3 Å². The second-order valence-corrected chi connectivity index (χ2v) is 8.00. The Morgan fingerprint density at radius 2 is 1.86 bits per heavy atom. The molecule has 2 aromatic rings. The monoisotopic (exact) mass is 379 g/mol. The molecule has 148 valence electrons. The van der Waals surface area contributed by atoms with Crippen molar-refractivity contribution in [2.24, 2.45) is 5.41 Å². The molecule has 0 saturated carbocycles. The first-order valence-electron chi connectivity index (χ1n) is 9.83. The first kappa shape index (κ1) is 19.9. The lowest BCUT2D eigenvalue weighted by Crippen LogP contribution is -2.52. The second kappa shape index (κ2) is 8.46. The van der Waals surface area contributed by atoms with E-state index in [4.69, 9.17) is 0 Å². The van der Waals surface area contributed by atoms with Crippen LogP contribution in [0.1, 0.15) is 36.5 Å². The average Bonchev–Trinajstić information content (AvgIpc) is 2.69. The Kier molecular flexibility index (Phi) is 6.02. The van der Waals surface area contributed by atoms with Gasteiger partial charge in [0.15, 0.2) is 0 Å². The molecule has 2 aromatic carbocycles. The summed E-state index contributed by atoms with van der Waals surface area (Å²) in [6.45, 7) is 7.55. The predicted octanol–water partition coefficient (Wildman–Crippen LogP) is 4.25.